The molecule has 1 aliphatic carbocycles. The van der Waals surface area contributed by atoms with Crippen LogP contribution >= 0.6 is 0 Å². The minimum Gasteiger partial charge on any atom is -0.389 e. The average Bonchev–Trinajstić information content (AvgIpc) is 3.05. The normalized spacial score (nSPS) is 30.0. The van der Waals surface area contributed by atoms with Gasteiger partial charge in [0.15, 0.2) is 0 Å². The minimum atomic E-state index is -0.413. The second-order valence-corrected chi connectivity index (χ2v) is 6.06. The molecule has 0 bridgehead atoms. The van der Waals surface area contributed by atoms with Gasteiger partial charge in [-0.15, -0.1) is 0 Å². The highest BCUT2D eigenvalue weighted by atomic mass is 16.5. The molecule has 4 heteroatoms. The second-order valence-electron chi connectivity index (χ2n) is 6.06. The zero-order valence-corrected chi connectivity index (χ0v) is 11.6. The molecule has 0 aromatic carbocycles. The number of rotatable bonds is 8. The molecule has 2 N–H and O–H groups in total. The van der Waals surface area contributed by atoms with Gasteiger partial charge in [-0.2, -0.15) is 0 Å². The number of aliphatic hydroxyl groups excluding tert-OH is 1. The summed E-state index contributed by atoms with van der Waals surface area (Å²) in [4.78, 5) is 0. The molecule has 1 saturated carbocycles. The predicted molar refractivity (Wildman–Crippen MR) is 70.5 cm³/mol. The molecule has 1 saturated heterocycles. The summed E-state index contributed by atoms with van der Waals surface area (Å²) >= 11 is 0. The molecule has 0 amide bonds. The quantitative estimate of drug-likeness (QED) is 0.685. The van der Waals surface area contributed by atoms with E-state index in [1.54, 1.807) is 0 Å². The molecule has 0 radical (unpaired) electrons. The van der Waals surface area contributed by atoms with Gasteiger partial charge in [0.25, 0.3) is 0 Å². The standard InChI is InChI=1S/C14H27NO3/c1-10(2)8-17-9-12(16)7-15-13-5-6-18-14(13)11-3-4-11/h10-16H,3-9H2,1-2H3. The van der Waals surface area contributed by atoms with Gasteiger partial charge in [-0.3, -0.25) is 0 Å². The zero-order valence-electron chi connectivity index (χ0n) is 11.6. The van der Waals surface area contributed by atoms with Crippen molar-refractivity contribution in [3.63, 3.8) is 0 Å². The Hall–Kier alpha value is -0.160. The van der Waals surface area contributed by atoms with E-state index in [9.17, 15) is 5.11 Å². The van der Waals surface area contributed by atoms with Crippen LogP contribution in [0, 0.1) is 11.8 Å². The molecule has 0 spiro atoms. The Morgan fingerprint density at radius 2 is 2.06 bits per heavy atom. The fourth-order valence-electron chi connectivity index (χ4n) is 2.51. The van der Waals surface area contributed by atoms with Crippen molar-refractivity contribution in [2.75, 3.05) is 26.4 Å². The van der Waals surface area contributed by atoms with Gasteiger partial charge in [-0.05, 0) is 31.1 Å². The molecule has 3 atom stereocenters. The van der Waals surface area contributed by atoms with Crippen LogP contribution in [-0.2, 0) is 9.47 Å². The van der Waals surface area contributed by atoms with Crippen LogP contribution in [0.5, 0.6) is 0 Å². The third-order valence-corrected chi connectivity index (χ3v) is 3.60. The van der Waals surface area contributed by atoms with Crippen LogP contribution in [0.25, 0.3) is 0 Å². The summed E-state index contributed by atoms with van der Waals surface area (Å²) in [7, 11) is 0. The van der Waals surface area contributed by atoms with E-state index in [1.807, 2.05) is 0 Å². The lowest BCUT2D eigenvalue weighted by Gasteiger charge is -2.21. The maximum absolute atomic E-state index is 9.83. The topological polar surface area (TPSA) is 50.7 Å². The Labute approximate surface area is 110 Å². The Bertz CT molecular complexity index is 243. The van der Waals surface area contributed by atoms with E-state index in [2.05, 4.69) is 19.2 Å². The van der Waals surface area contributed by atoms with Gasteiger partial charge >= 0.3 is 0 Å². The molecule has 4 nitrogen and oxygen atoms in total. The van der Waals surface area contributed by atoms with Crippen molar-refractivity contribution in [3.05, 3.63) is 0 Å². The smallest absolute Gasteiger partial charge is 0.0897 e. The predicted octanol–water partition coefficient (Wildman–Crippen LogP) is 1.18. The van der Waals surface area contributed by atoms with Crippen molar-refractivity contribution in [1.82, 2.24) is 5.32 Å². The molecule has 3 unspecified atom stereocenters. The lowest BCUT2D eigenvalue weighted by atomic mass is 10.1. The van der Waals surface area contributed by atoms with Gasteiger partial charge in [-0.1, -0.05) is 13.8 Å². The van der Waals surface area contributed by atoms with Gasteiger partial charge in [-0.25, -0.2) is 0 Å². The van der Waals surface area contributed by atoms with Crippen LogP contribution < -0.4 is 5.32 Å². The minimum absolute atomic E-state index is 0.383. The van der Waals surface area contributed by atoms with E-state index >= 15 is 0 Å². The maximum Gasteiger partial charge on any atom is 0.0897 e. The fraction of sp³-hybridized carbons (Fsp3) is 1.00. The van der Waals surface area contributed by atoms with Crippen molar-refractivity contribution in [2.45, 2.75) is 51.4 Å². The first-order chi connectivity index (χ1) is 8.66. The highest BCUT2D eigenvalue weighted by Crippen LogP contribution is 2.38. The molecule has 2 fully saturated rings. The van der Waals surface area contributed by atoms with E-state index in [4.69, 9.17) is 9.47 Å². The first-order valence-electron chi connectivity index (χ1n) is 7.27. The third-order valence-electron chi connectivity index (χ3n) is 3.60. The van der Waals surface area contributed by atoms with Crippen LogP contribution in [0.15, 0.2) is 0 Å². The number of aliphatic hydroxyl groups is 1. The van der Waals surface area contributed by atoms with Crippen molar-refractivity contribution in [1.29, 1.82) is 0 Å². The number of hydrogen-bond acceptors (Lipinski definition) is 4. The molecule has 0 aromatic rings. The number of hydrogen-bond donors (Lipinski definition) is 2. The summed E-state index contributed by atoms with van der Waals surface area (Å²) in [5.74, 6) is 1.28. The number of nitrogens with one attached hydrogen (secondary N) is 1. The third kappa shape index (κ3) is 4.50. The van der Waals surface area contributed by atoms with Crippen molar-refractivity contribution >= 4 is 0 Å². The lowest BCUT2D eigenvalue weighted by Crippen LogP contribution is -2.42. The summed E-state index contributed by atoms with van der Waals surface area (Å²) in [6, 6.07) is 0.428. The zero-order chi connectivity index (χ0) is 13.0. The van der Waals surface area contributed by atoms with Crippen LogP contribution in [0.4, 0.5) is 0 Å². The maximum atomic E-state index is 9.83. The van der Waals surface area contributed by atoms with E-state index in [-0.39, 0.29) is 0 Å². The van der Waals surface area contributed by atoms with E-state index < -0.39 is 6.10 Å². The van der Waals surface area contributed by atoms with Crippen LogP contribution in [0.3, 0.4) is 0 Å². The molecule has 2 aliphatic rings. The summed E-state index contributed by atoms with van der Waals surface area (Å²) in [5, 5.41) is 13.3. The van der Waals surface area contributed by atoms with Gasteiger partial charge < -0.3 is 19.9 Å². The highest BCUT2D eigenvalue weighted by Gasteiger charge is 2.40. The van der Waals surface area contributed by atoms with E-state index in [1.165, 1.54) is 12.8 Å². The van der Waals surface area contributed by atoms with Gasteiger partial charge in [0.1, 0.15) is 0 Å². The molecule has 2 rings (SSSR count). The average molecular weight is 257 g/mol. The van der Waals surface area contributed by atoms with Crippen LogP contribution in [0.2, 0.25) is 0 Å². The first kappa shape index (κ1) is 14.3. The summed E-state index contributed by atoms with van der Waals surface area (Å²) in [6.45, 7) is 6.83. The first-order valence-corrected chi connectivity index (χ1v) is 7.27. The molecular weight excluding hydrogens is 230 g/mol. The Morgan fingerprint density at radius 1 is 1.28 bits per heavy atom. The molecule has 1 aliphatic heterocycles. The Kier molecular flexibility index (Phi) is 5.42. The molecule has 106 valence electrons. The van der Waals surface area contributed by atoms with Gasteiger partial charge in [0, 0.05) is 25.8 Å². The summed E-state index contributed by atoms with van der Waals surface area (Å²) < 4.78 is 11.2. The Balaban J connectivity index is 1.58. The monoisotopic (exact) mass is 257 g/mol. The van der Waals surface area contributed by atoms with Gasteiger partial charge in [0.05, 0.1) is 18.8 Å². The second kappa shape index (κ2) is 6.85. The summed E-state index contributed by atoms with van der Waals surface area (Å²) in [6.07, 6.45) is 3.66. The lowest BCUT2D eigenvalue weighted by molar-refractivity contribution is 0.0220. The van der Waals surface area contributed by atoms with Crippen molar-refractivity contribution < 1.29 is 14.6 Å². The Morgan fingerprint density at radius 3 is 2.72 bits per heavy atom. The molecule has 0 aromatic heterocycles. The fourth-order valence-corrected chi connectivity index (χ4v) is 2.51. The van der Waals surface area contributed by atoms with Gasteiger partial charge in [0.2, 0.25) is 0 Å². The highest BCUT2D eigenvalue weighted by molar-refractivity contribution is 4.93. The summed E-state index contributed by atoms with van der Waals surface area (Å²) in [5.41, 5.74) is 0. The SMILES string of the molecule is CC(C)COCC(O)CNC1CCOC1C1CC1. The molecular formula is C14H27NO3. The van der Waals surface area contributed by atoms with Crippen LogP contribution in [0.1, 0.15) is 33.1 Å². The molecule has 18 heavy (non-hydrogen) atoms. The largest absolute Gasteiger partial charge is 0.389 e. The molecule has 1 heterocycles. The van der Waals surface area contributed by atoms with E-state index in [0.717, 1.165) is 18.9 Å². The van der Waals surface area contributed by atoms with Crippen molar-refractivity contribution in [3.8, 4) is 0 Å². The van der Waals surface area contributed by atoms with E-state index in [0.29, 0.717) is 37.8 Å². The van der Waals surface area contributed by atoms with Crippen LogP contribution in [-0.4, -0.2) is 49.7 Å². The van der Waals surface area contributed by atoms with Crippen molar-refractivity contribution in [2.24, 2.45) is 11.8 Å². The number of ether oxygens (including phenoxy) is 2.